The Balaban J connectivity index is 2.34. The summed E-state index contributed by atoms with van der Waals surface area (Å²) >= 11 is 1.80. The van der Waals surface area contributed by atoms with Crippen LogP contribution in [0.2, 0.25) is 0 Å². The van der Waals surface area contributed by atoms with Crippen molar-refractivity contribution in [3.63, 3.8) is 0 Å². The molecule has 1 unspecified atom stereocenters. The first kappa shape index (κ1) is 11.5. The molecule has 14 heavy (non-hydrogen) atoms. The smallest absolute Gasteiger partial charge is 0.0685 e. The van der Waals surface area contributed by atoms with Gasteiger partial charge in [0.15, 0.2) is 0 Å². The Morgan fingerprint density at radius 3 is 2.79 bits per heavy atom. The van der Waals surface area contributed by atoms with Crippen LogP contribution in [0.4, 0.5) is 0 Å². The molecule has 0 bridgehead atoms. The molecule has 0 aliphatic heterocycles. The largest absolute Gasteiger partial charge is 0.396 e. The van der Waals surface area contributed by atoms with E-state index in [0.717, 1.165) is 23.6 Å². The van der Waals surface area contributed by atoms with Gasteiger partial charge < -0.3 is 5.11 Å². The zero-order valence-corrected chi connectivity index (χ0v) is 9.42. The van der Waals surface area contributed by atoms with Gasteiger partial charge >= 0.3 is 0 Å². The second-order valence-corrected chi connectivity index (χ2v) is 4.71. The SMILES string of the molecule is Cc1cnc(CSC(C)CCO)cn1. The standard InChI is InChI=1S/C10H16N2OS/c1-8-5-12-10(6-11-8)7-14-9(2)3-4-13/h5-6,9,13H,3-4,7H2,1-2H3. The van der Waals surface area contributed by atoms with Crippen LogP contribution in [-0.4, -0.2) is 26.9 Å². The van der Waals surface area contributed by atoms with Crippen molar-refractivity contribution in [2.75, 3.05) is 6.61 Å². The first-order chi connectivity index (χ1) is 6.72. The number of aliphatic hydroxyl groups is 1. The summed E-state index contributed by atoms with van der Waals surface area (Å²) in [7, 11) is 0. The highest BCUT2D eigenvalue weighted by Crippen LogP contribution is 2.17. The maximum atomic E-state index is 8.73. The monoisotopic (exact) mass is 212 g/mol. The van der Waals surface area contributed by atoms with Crippen LogP contribution in [-0.2, 0) is 5.75 Å². The van der Waals surface area contributed by atoms with Crippen molar-refractivity contribution < 1.29 is 5.11 Å². The predicted molar refractivity (Wildman–Crippen MR) is 59.2 cm³/mol. The van der Waals surface area contributed by atoms with Gasteiger partial charge in [-0.1, -0.05) is 6.92 Å². The molecule has 1 aromatic heterocycles. The molecule has 1 atom stereocenters. The molecular formula is C10H16N2OS. The second kappa shape index (κ2) is 5.98. The lowest BCUT2D eigenvalue weighted by Gasteiger charge is -2.08. The van der Waals surface area contributed by atoms with Gasteiger partial charge in [0.25, 0.3) is 0 Å². The van der Waals surface area contributed by atoms with Gasteiger partial charge in [-0.2, -0.15) is 11.8 Å². The van der Waals surface area contributed by atoms with Crippen LogP contribution < -0.4 is 0 Å². The van der Waals surface area contributed by atoms with Crippen LogP contribution in [0.5, 0.6) is 0 Å². The summed E-state index contributed by atoms with van der Waals surface area (Å²) in [5.41, 5.74) is 1.95. The molecule has 0 fully saturated rings. The van der Waals surface area contributed by atoms with Crippen molar-refractivity contribution in [3.05, 3.63) is 23.8 Å². The molecule has 1 N–H and O–H groups in total. The Kier molecular flexibility index (Phi) is 4.90. The van der Waals surface area contributed by atoms with Crippen molar-refractivity contribution in [1.82, 2.24) is 9.97 Å². The van der Waals surface area contributed by atoms with Crippen LogP contribution in [0.3, 0.4) is 0 Å². The van der Waals surface area contributed by atoms with E-state index >= 15 is 0 Å². The van der Waals surface area contributed by atoms with E-state index in [-0.39, 0.29) is 6.61 Å². The predicted octanol–water partition coefficient (Wildman–Crippen LogP) is 1.79. The summed E-state index contributed by atoms with van der Waals surface area (Å²) in [6.07, 6.45) is 4.44. The fourth-order valence-electron chi connectivity index (χ4n) is 0.987. The average Bonchev–Trinajstić information content (AvgIpc) is 2.17. The summed E-state index contributed by atoms with van der Waals surface area (Å²) in [4.78, 5) is 8.44. The number of hydrogen-bond donors (Lipinski definition) is 1. The molecule has 0 aromatic carbocycles. The van der Waals surface area contributed by atoms with Gasteiger partial charge in [-0.25, -0.2) is 0 Å². The lowest BCUT2D eigenvalue weighted by Crippen LogP contribution is -2.01. The molecule has 1 heterocycles. The summed E-state index contributed by atoms with van der Waals surface area (Å²) in [6, 6.07) is 0. The van der Waals surface area contributed by atoms with Crippen molar-refractivity contribution in [2.24, 2.45) is 0 Å². The Hall–Kier alpha value is -0.610. The van der Waals surface area contributed by atoms with Crippen LogP contribution in [0.15, 0.2) is 12.4 Å². The van der Waals surface area contributed by atoms with E-state index in [1.807, 2.05) is 13.1 Å². The number of hydrogen-bond acceptors (Lipinski definition) is 4. The van der Waals surface area contributed by atoms with Gasteiger partial charge in [0.1, 0.15) is 0 Å². The first-order valence-corrected chi connectivity index (χ1v) is 5.77. The minimum Gasteiger partial charge on any atom is -0.396 e. The van der Waals surface area contributed by atoms with E-state index in [1.54, 1.807) is 18.0 Å². The summed E-state index contributed by atoms with van der Waals surface area (Å²) < 4.78 is 0. The molecule has 78 valence electrons. The molecule has 0 amide bonds. The molecule has 0 saturated carbocycles. The van der Waals surface area contributed by atoms with E-state index in [1.165, 1.54) is 0 Å². The minimum absolute atomic E-state index is 0.258. The lowest BCUT2D eigenvalue weighted by molar-refractivity contribution is 0.289. The second-order valence-electron chi connectivity index (χ2n) is 3.28. The molecular weight excluding hydrogens is 196 g/mol. The minimum atomic E-state index is 0.258. The van der Waals surface area contributed by atoms with E-state index in [2.05, 4.69) is 16.9 Å². The molecule has 3 nitrogen and oxygen atoms in total. The summed E-state index contributed by atoms with van der Waals surface area (Å²) in [5, 5.41) is 9.20. The highest BCUT2D eigenvalue weighted by atomic mass is 32.2. The number of nitrogens with zero attached hydrogens (tertiary/aromatic N) is 2. The van der Waals surface area contributed by atoms with E-state index < -0.39 is 0 Å². The van der Waals surface area contributed by atoms with Crippen molar-refractivity contribution in [1.29, 1.82) is 0 Å². The highest BCUT2D eigenvalue weighted by molar-refractivity contribution is 7.99. The molecule has 0 spiro atoms. The third-order valence-electron chi connectivity index (χ3n) is 1.89. The normalized spacial score (nSPS) is 12.8. The first-order valence-electron chi connectivity index (χ1n) is 4.72. The Labute approximate surface area is 89.0 Å². The van der Waals surface area contributed by atoms with Gasteiger partial charge in [0.2, 0.25) is 0 Å². The zero-order valence-electron chi connectivity index (χ0n) is 8.60. The zero-order chi connectivity index (χ0) is 10.4. The Morgan fingerprint density at radius 1 is 1.43 bits per heavy atom. The molecule has 0 aliphatic rings. The molecule has 1 aromatic rings. The Morgan fingerprint density at radius 2 is 2.21 bits per heavy atom. The molecule has 1 rings (SSSR count). The molecule has 0 aliphatic carbocycles. The van der Waals surface area contributed by atoms with Crippen molar-refractivity contribution in [3.8, 4) is 0 Å². The third kappa shape index (κ3) is 4.07. The van der Waals surface area contributed by atoms with Gasteiger partial charge in [0, 0.05) is 30.0 Å². The quantitative estimate of drug-likeness (QED) is 0.808. The fourth-order valence-corrected chi connectivity index (χ4v) is 1.86. The van der Waals surface area contributed by atoms with Crippen molar-refractivity contribution in [2.45, 2.75) is 31.3 Å². The Bertz CT molecular complexity index is 263. The number of aliphatic hydroxyl groups excluding tert-OH is 1. The van der Waals surface area contributed by atoms with E-state index in [9.17, 15) is 0 Å². The molecule has 0 saturated heterocycles. The van der Waals surface area contributed by atoms with Crippen LogP contribution in [0.1, 0.15) is 24.7 Å². The average molecular weight is 212 g/mol. The number of rotatable bonds is 5. The van der Waals surface area contributed by atoms with Crippen LogP contribution in [0.25, 0.3) is 0 Å². The molecule has 4 heteroatoms. The van der Waals surface area contributed by atoms with Gasteiger partial charge in [-0.15, -0.1) is 0 Å². The summed E-state index contributed by atoms with van der Waals surface area (Å²) in [6.45, 7) is 4.30. The van der Waals surface area contributed by atoms with Gasteiger partial charge in [0.05, 0.1) is 11.4 Å². The number of aryl methyl sites for hydroxylation is 1. The molecule has 0 radical (unpaired) electrons. The maximum Gasteiger partial charge on any atom is 0.0685 e. The number of aromatic nitrogens is 2. The van der Waals surface area contributed by atoms with Gasteiger partial charge in [-0.3, -0.25) is 9.97 Å². The third-order valence-corrected chi connectivity index (χ3v) is 3.15. The summed E-state index contributed by atoms with van der Waals surface area (Å²) in [5.74, 6) is 0.869. The van der Waals surface area contributed by atoms with Crippen molar-refractivity contribution >= 4 is 11.8 Å². The fraction of sp³-hybridized carbons (Fsp3) is 0.600. The topological polar surface area (TPSA) is 46.0 Å². The van der Waals surface area contributed by atoms with Crippen LogP contribution in [0, 0.1) is 6.92 Å². The van der Waals surface area contributed by atoms with E-state index in [0.29, 0.717) is 5.25 Å². The lowest BCUT2D eigenvalue weighted by atomic mass is 10.3. The van der Waals surface area contributed by atoms with E-state index in [4.69, 9.17) is 5.11 Å². The van der Waals surface area contributed by atoms with Crippen LogP contribution >= 0.6 is 11.8 Å². The number of thioether (sulfide) groups is 1. The van der Waals surface area contributed by atoms with Gasteiger partial charge in [-0.05, 0) is 13.3 Å². The maximum absolute atomic E-state index is 8.73. The highest BCUT2D eigenvalue weighted by Gasteiger charge is 2.03.